The minimum atomic E-state index is -3.61. The highest BCUT2D eigenvalue weighted by Gasteiger charge is 2.22. The number of aromatic nitrogens is 1. The molecular formula is C19H19N3O6S. The van der Waals surface area contributed by atoms with E-state index in [0.29, 0.717) is 17.9 Å². The quantitative estimate of drug-likeness (QED) is 0.588. The molecule has 2 heterocycles. The maximum atomic E-state index is 12.4. The second-order valence-electron chi connectivity index (χ2n) is 6.16. The van der Waals surface area contributed by atoms with Crippen molar-refractivity contribution in [1.82, 2.24) is 16.0 Å². The Balaban J connectivity index is 1.64. The molecule has 9 nitrogen and oxygen atoms in total. The summed E-state index contributed by atoms with van der Waals surface area (Å²) in [5.74, 6) is -1.40. The Bertz CT molecular complexity index is 1130. The molecule has 2 aromatic heterocycles. The van der Waals surface area contributed by atoms with E-state index in [9.17, 15) is 18.0 Å². The molecule has 3 aromatic rings. The highest BCUT2D eigenvalue weighted by molar-refractivity contribution is 7.90. The van der Waals surface area contributed by atoms with Crippen molar-refractivity contribution in [2.24, 2.45) is 0 Å². The highest BCUT2D eigenvalue weighted by Crippen LogP contribution is 2.18. The van der Waals surface area contributed by atoms with Crippen molar-refractivity contribution < 1.29 is 26.9 Å². The van der Waals surface area contributed by atoms with E-state index in [4.69, 9.17) is 8.94 Å². The summed E-state index contributed by atoms with van der Waals surface area (Å²) in [6.45, 7) is 3.41. The molecule has 1 aromatic carbocycles. The number of hydrazine groups is 1. The number of sulfone groups is 1. The first kappa shape index (κ1) is 20.3. The van der Waals surface area contributed by atoms with E-state index in [1.165, 1.54) is 24.3 Å². The van der Waals surface area contributed by atoms with Crippen LogP contribution in [-0.4, -0.2) is 25.4 Å². The number of hydrogen-bond donors (Lipinski definition) is 2. The molecule has 2 amide bonds. The number of benzene rings is 1. The predicted molar refractivity (Wildman–Crippen MR) is 102 cm³/mol. The van der Waals surface area contributed by atoms with Crippen LogP contribution < -0.4 is 10.9 Å². The van der Waals surface area contributed by atoms with Gasteiger partial charge in [-0.05, 0) is 37.6 Å². The predicted octanol–water partition coefficient (Wildman–Crippen LogP) is 2.19. The van der Waals surface area contributed by atoms with Gasteiger partial charge in [0.25, 0.3) is 5.91 Å². The molecule has 0 unspecified atom stereocenters. The second-order valence-corrected chi connectivity index (χ2v) is 8.15. The van der Waals surface area contributed by atoms with Crippen molar-refractivity contribution in [3.05, 3.63) is 71.0 Å². The molecule has 0 saturated heterocycles. The van der Waals surface area contributed by atoms with Crippen LogP contribution in [0.5, 0.6) is 0 Å². The summed E-state index contributed by atoms with van der Waals surface area (Å²) in [6, 6.07) is 10.7. The van der Waals surface area contributed by atoms with Crippen LogP contribution in [0.1, 0.15) is 45.1 Å². The lowest BCUT2D eigenvalue weighted by Gasteiger charge is -2.06. The van der Waals surface area contributed by atoms with Crippen LogP contribution in [0.3, 0.4) is 0 Å². The van der Waals surface area contributed by atoms with Crippen LogP contribution in [0.15, 0.2) is 56.3 Å². The fourth-order valence-electron chi connectivity index (χ4n) is 2.66. The fourth-order valence-corrected chi connectivity index (χ4v) is 3.93. The molecule has 3 rings (SSSR count). The number of hydrogen-bond acceptors (Lipinski definition) is 7. The van der Waals surface area contributed by atoms with E-state index in [2.05, 4.69) is 16.0 Å². The van der Waals surface area contributed by atoms with Crippen LogP contribution in [0.25, 0.3) is 0 Å². The monoisotopic (exact) mass is 417 g/mol. The molecule has 152 valence electrons. The van der Waals surface area contributed by atoms with Gasteiger partial charge in [0.15, 0.2) is 15.6 Å². The molecule has 0 aliphatic carbocycles. The Hall–Kier alpha value is -3.40. The van der Waals surface area contributed by atoms with Gasteiger partial charge in [-0.2, -0.15) is 0 Å². The van der Waals surface area contributed by atoms with Gasteiger partial charge >= 0.3 is 5.91 Å². The van der Waals surface area contributed by atoms with Crippen molar-refractivity contribution in [3.8, 4) is 0 Å². The van der Waals surface area contributed by atoms with E-state index >= 15 is 0 Å². The molecule has 10 heteroatoms. The normalized spacial score (nSPS) is 11.2. The molecule has 0 atom stereocenters. The van der Waals surface area contributed by atoms with Crippen LogP contribution in [0, 0.1) is 6.92 Å². The number of nitrogens with one attached hydrogen (secondary N) is 2. The molecule has 0 bridgehead atoms. The number of nitrogens with zero attached hydrogens (tertiary/aromatic N) is 1. The van der Waals surface area contributed by atoms with E-state index in [1.54, 1.807) is 25.1 Å². The summed E-state index contributed by atoms with van der Waals surface area (Å²) in [4.78, 5) is 24.6. The molecule has 0 saturated carbocycles. The first-order valence-electron chi connectivity index (χ1n) is 8.74. The number of furan rings is 1. The zero-order valence-electron chi connectivity index (χ0n) is 15.8. The first-order valence-corrected chi connectivity index (χ1v) is 10.4. The molecule has 0 aliphatic heterocycles. The number of carbonyl (C=O) groups excluding carboxylic acids is 2. The van der Waals surface area contributed by atoms with Gasteiger partial charge in [-0.25, -0.2) is 8.42 Å². The van der Waals surface area contributed by atoms with Crippen molar-refractivity contribution in [2.75, 3.05) is 0 Å². The standard InChI is InChI=1S/C19H19N3O6S/c1-3-15-17(12(2)28-22-15)19(24)21-20-18(23)16-10-9-13(27-16)11-29(25,26)14-7-5-4-6-8-14/h4-10H,3,11H2,1-2H3,(H,20,23)(H,21,24). The molecular weight excluding hydrogens is 398 g/mol. The number of aryl methyl sites for hydroxylation is 2. The van der Waals surface area contributed by atoms with Gasteiger partial charge in [0.2, 0.25) is 0 Å². The summed E-state index contributed by atoms with van der Waals surface area (Å²) in [5, 5.41) is 3.78. The largest absolute Gasteiger partial charge is 0.455 e. The third-order valence-corrected chi connectivity index (χ3v) is 5.76. The zero-order chi connectivity index (χ0) is 21.0. The van der Waals surface area contributed by atoms with Crippen molar-refractivity contribution in [2.45, 2.75) is 30.9 Å². The van der Waals surface area contributed by atoms with Crippen molar-refractivity contribution in [3.63, 3.8) is 0 Å². The average Bonchev–Trinajstić information content (AvgIpc) is 3.32. The van der Waals surface area contributed by atoms with Crippen LogP contribution in [0.4, 0.5) is 0 Å². The Morgan fingerprint density at radius 1 is 1.03 bits per heavy atom. The third kappa shape index (κ3) is 4.54. The van der Waals surface area contributed by atoms with E-state index in [-0.39, 0.29) is 22.0 Å². The highest BCUT2D eigenvalue weighted by atomic mass is 32.2. The summed E-state index contributed by atoms with van der Waals surface area (Å²) in [7, 11) is -3.61. The van der Waals surface area contributed by atoms with Crippen molar-refractivity contribution in [1.29, 1.82) is 0 Å². The second kappa shape index (κ2) is 8.31. The topological polar surface area (TPSA) is 132 Å². The number of amides is 2. The van der Waals surface area contributed by atoms with E-state index in [1.807, 2.05) is 6.92 Å². The number of carbonyl (C=O) groups is 2. The Morgan fingerprint density at radius 3 is 2.41 bits per heavy atom. The summed E-state index contributed by atoms with van der Waals surface area (Å²) in [6.07, 6.45) is 0.492. The molecule has 0 aliphatic rings. The van der Waals surface area contributed by atoms with Gasteiger partial charge in [-0.1, -0.05) is 30.3 Å². The number of rotatable bonds is 6. The molecule has 0 spiro atoms. The third-order valence-electron chi connectivity index (χ3n) is 4.10. The Kier molecular flexibility index (Phi) is 5.83. The van der Waals surface area contributed by atoms with Gasteiger partial charge in [0.1, 0.15) is 22.8 Å². The fraction of sp³-hybridized carbons (Fsp3) is 0.211. The molecule has 0 radical (unpaired) electrons. The smallest absolute Gasteiger partial charge is 0.305 e. The van der Waals surface area contributed by atoms with E-state index in [0.717, 1.165) is 0 Å². The van der Waals surface area contributed by atoms with Crippen LogP contribution in [-0.2, 0) is 22.0 Å². The summed E-state index contributed by atoms with van der Waals surface area (Å²) < 4.78 is 35.1. The van der Waals surface area contributed by atoms with Gasteiger partial charge in [0.05, 0.1) is 10.6 Å². The van der Waals surface area contributed by atoms with Gasteiger partial charge in [-0.3, -0.25) is 20.4 Å². The summed E-state index contributed by atoms with van der Waals surface area (Å²) >= 11 is 0. The van der Waals surface area contributed by atoms with Gasteiger partial charge < -0.3 is 8.94 Å². The minimum absolute atomic E-state index is 0.105. The molecule has 29 heavy (non-hydrogen) atoms. The van der Waals surface area contributed by atoms with Crippen LogP contribution >= 0.6 is 0 Å². The van der Waals surface area contributed by atoms with Gasteiger partial charge in [0, 0.05) is 0 Å². The lowest BCUT2D eigenvalue weighted by atomic mass is 10.1. The molecule has 2 N–H and O–H groups in total. The Morgan fingerprint density at radius 2 is 1.72 bits per heavy atom. The Labute approximate surface area is 167 Å². The minimum Gasteiger partial charge on any atom is -0.455 e. The van der Waals surface area contributed by atoms with Gasteiger partial charge in [-0.15, -0.1) is 0 Å². The van der Waals surface area contributed by atoms with Crippen molar-refractivity contribution >= 4 is 21.7 Å². The maximum absolute atomic E-state index is 12.4. The van der Waals surface area contributed by atoms with Crippen LogP contribution in [0.2, 0.25) is 0 Å². The lowest BCUT2D eigenvalue weighted by Crippen LogP contribution is -2.41. The summed E-state index contributed by atoms with van der Waals surface area (Å²) in [5.41, 5.74) is 5.21. The SMILES string of the molecule is CCc1noc(C)c1C(=O)NNC(=O)c1ccc(CS(=O)(=O)c2ccccc2)o1. The zero-order valence-corrected chi connectivity index (χ0v) is 16.6. The van der Waals surface area contributed by atoms with E-state index < -0.39 is 27.4 Å². The first-order chi connectivity index (χ1) is 13.8. The molecule has 0 fully saturated rings. The lowest BCUT2D eigenvalue weighted by molar-refractivity contribution is 0.0829. The average molecular weight is 417 g/mol. The maximum Gasteiger partial charge on any atom is 0.305 e.